The number of hydrogen-bond donors (Lipinski definition) is 2. The van der Waals surface area contributed by atoms with Gasteiger partial charge in [0.15, 0.2) is 7.28 Å². The molecule has 62 heavy (non-hydrogen) atoms. The Morgan fingerprint density at radius 1 is 0.613 bits per heavy atom. The maximum atomic E-state index is 6.51. The number of nitrogens with one attached hydrogen (secondary N) is 2. The van der Waals surface area contributed by atoms with Crippen molar-refractivity contribution in [3.8, 4) is 0 Å². The molecule has 2 aromatic carbocycles. The third-order valence-electron chi connectivity index (χ3n) is 13.7. The molecular formula is C51H99B2N8O. The molecule has 2 N–H and O–H groups in total. The Bertz CT molecular complexity index is 1410. The van der Waals surface area contributed by atoms with Crippen molar-refractivity contribution in [2.24, 2.45) is 16.2 Å². The van der Waals surface area contributed by atoms with Crippen LogP contribution >= 0.6 is 0 Å². The molecule has 355 valence electrons. The van der Waals surface area contributed by atoms with Crippen molar-refractivity contribution < 1.29 is 4.65 Å². The Balaban J connectivity index is 0.00000174. The van der Waals surface area contributed by atoms with Crippen molar-refractivity contribution in [3.05, 3.63) is 59.7 Å². The topological polar surface area (TPSA) is 52.7 Å². The van der Waals surface area contributed by atoms with E-state index < -0.39 is 0 Å². The van der Waals surface area contributed by atoms with Gasteiger partial charge >= 0.3 is 6.92 Å². The quantitative estimate of drug-likeness (QED) is 0.206. The van der Waals surface area contributed by atoms with Gasteiger partial charge < -0.3 is 25.1 Å². The van der Waals surface area contributed by atoms with E-state index in [0.29, 0.717) is 0 Å². The Kier molecular flexibility index (Phi) is 27.2. The molecule has 2 aromatic rings. The van der Waals surface area contributed by atoms with Crippen molar-refractivity contribution in [1.29, 1.82) is 0 Å². The zero-order chi connectivity index (χ0) is 47.1. The lowest BCUT2D eigenvalue weighted by atomic mass is 9.53. The summed E-state index contributed by atoms with van der Waals surface area (Å²) in [4.78, 5) is 10.2. The molecule has 11 heteroatoms. The zero-order valence-electron chi connectivity index (χ0n) is 44.2. The molecular weight excluding hydrogens is 762 g/mol. The fraction of sp³-hybridized carbons (Fsp3) is 0.765. The van der Waals surface area contributed by atoms with Crippen LogP contribution in [-0.4, -0.2) is 170 Å². The van der Waals surface area contributed by atoms with Gasteiger partial charge in [0.25, 0.3) is 0 Å². The Labute approximate surface area is 386 Å². The summed E-state index contributed by atoms with van der Waals surface area (Å²) in [5.41, 5.74) is 6.02. The first-order valence-electron chi connectivity index (χ1n) is 24.4. The van der Waals surface area contributed by atoms with E-state index >= 15 is 0 Å². The van der Waals surface area contributed by atoms with E-state index in [0.717, 1.165) is 104 Å². The van der Waals surface area contributed by atoms with Gasteiger partial charge in [-0.2, -0.15) is 0 Å². The normalized spacial score (nSPS) is 19.6. The SMILES string of the molecule is CC.CC.CN(C)N(C)C.CN1CCNCCN(Cc2ccc(B3CC(C)(C)C(C)(C)O3)cc2)CCN(C)CCNCCN(Cc2ccc([B]CC(C)(C)C(C)(C)C)cc2)CC1. The van der Waals surface area contributed by atoms with Crippen LogP contribution in [0.1, 0.15) is 101 Å². The van der Waals surface area contributed by atoms with Crippen LogP contribution in [0.15, 0.2) is 48.5 Å². The van der Waals surface area contributed by atoms with E-state index in [4.69, 9.17) is 4.65 Å². The standard InChI is InChI=1S/C43H75B2N6O.C4H12N2.2C2H6/c1-40(2,3)41(4,5)34-44-38-16-12-36(13-17-38)32-50-26-22-46-20-25-49(11)29-31-51(27-23-47-21-24-48(10)28-30-50)33-37-14-18-39(19-15-37)45-35-42(6,7)43(8,9)52-45;1-5(2)6(3)4;2*1-2/h12-19,46-47H,20-35H2,1-11H3;1-4H3;2*1-2H3. The molecule has 1 radical (unpaired) electrons. The number of likely N-dealkylation sites (N-methyl/N-ethyl adjacent to an activating group) is 2. The first-order valence-corrected chi connectivity index (χ1v) is 24.4. The molecule has 0 aliphatic carbocycles. The number of nitrogens with zero attached hydrogens (tertiary/aromatic N) is 6. The van der Waals surface area contributed by atoms with E-state index in [2.05, 4.69) is 162 Å². The van der Waals surface area contributed by atoms with Gasteiger partial charge in [0.2, 0.25) is 0 Å². The highest BCUT2D eigenvalue weighted by Gasteiger charge is 2.49. The molecule has 0 atom stereocenters. The smallest absolute Gasteiger partial charge is 0.327 e. The van der Waals surface area contributed by atoms with Gasteiger partial charge in [0.05, 0.1) is 5.60 Å². The minimum absolute atomic E-state index is 0.107. The van der Waals surface area contributed by atoms with E-state index in [1.807, 2.05) is 65.9 Å². The lowest BCUT2D eigenvalue weighted by molar-refractivity contribution is 0.0375. The van der Waals surface area contributed by atoms with Crippen LogP contribution in [0.2, 0.25) is 12.6 Å². The fourth-order valence-corrected chi connectivity index (χ4v) is 6.90. The van der Waals surface area contributed by atoms with Gasteiger partial charge in [0.1, 0.15) is 0 Å². The first-order chi connectivity index (χ1) is 29.1. The highest BCUT2D eigenvalue weighted by atomic mass is 16.5. The third-order valence-corrected chi connectivity index (χ3v) is 13.7. The molecule has 9 nitrogen and oxygen atoms in total. The van der Waals surface area contributed by atoms with Gasteiger partial charge in [-0.05, 0) is 67.1 Å². The van der Waals surface area contributed by atoms with Crippen molar-refractivity contribution in [2.45, 2.75) is 121 Å². The van der Waals surface area contributed by atoms with Crippen molar-refractivity contribution in [2.75, 3.05) is 121 Å². The summed E-state index contributed by atoms with van der Waals surface area (Å²) in [5.74, 6) is 0. The summed E-state index contributed by atoms with van der Waals surface area (Å²) < 4.78 is 6.51. The van der Waals surface area contributed by atoms with Gasteiger partial charge in [0, 0.05) is 120 Å². The number of rotatable bonds is 9. The predicted octanol–water partition coefficient (Wildman–Crippen LogP) is 6.98. The van der Waals surface area contributed by atoms with Crippen LogP contribution in [0, 0.1) is 16.2 Å². The first kappa shape index (κ1) is 58.2. The summed E-state index contributed by atoms with van der Waals surface area (Å²) in [6.45, 7) is 43.6. The molecule has 0 bridgehead atoms. The number of hydrazine groups is 1. The monoisotopic (exact) mass is 862 g/mol. The lowest BCUT2D eigenvalue weighted by Gasteiger charge is -2.39. The van der Waals surface area contributed by atoms with E-state index in [1.54, 1.807) is 0 Å². The lowest BCUT2D eigenvalue weighted by Crippen LogP contribution is -2.42. The molecule has 2 aliphatic heterocycles. The molecule has 4 rings (SSSR count). The fourth-order valence-electron chi connectivity index (χ4n) is 6.90. The highest BCUT2D eigenvalue weighted by Crippen LogP contribution is 2.45. The molecule has 2 heterocycles. The second-order valence-electron chi connectivity index (χ2n) is 20.6. The zero-order valence-corrected chi connectivity index (χ0v) is 44.2. The van der Waals surface area contributed by atoms with Crippen LogP contribution < -0.4 is 21.6 Å². The molecule has 0 spiro atoms. The predicted molar refractivity (Wildman–Crippen MR) is 277 cm³/mol. The maximum Gasteiger partial charge on any atom is 0.327 e. The van der Waals surface area contributed by atoms with Crippen molar-refractivity contribution in [1.82, 2.24) is 40.3 Å². The molecule has 0 amide bonds. The number of hydrogen-bond acceptors (Lipinski definition) is 9. The summed E-state index contributed by atoms with van der Waals surface area (Å²) in [7, 11) is 15.0. The molecule has 0 aromatic heterocycles. The van der Waals surface area contributed by atoms with Crippen LogP contribution in [0.4, 0.5) is 0 Å². The van der Waals surface area contributed by atoms with Crippen molar-refractivity contribution >= 4 is 25.1 Å². The average Bonchev–Trinajstić information content (AvgIpc) is 3.44. The Morgan fingerprint density at radius 3 is 1.39 bits per heavy atom. The molecule has 0 unspecified atom stereocenters. The largest absolute Gasteiger partial charge is 0.426 e. The van der Waals surface area contributed by atoms with E-state index in [1.165, 1.54) is 22.1 Å². The summed E-state index contributed by atoms with van der Waals surface area (Å²) in [5, 5.41) is 11.5. The van der Waals surface area contributed by atoms with Gasteiger partial charge in [-0.3, -0.25) is 9.80 Å². The molecule has 0 saturated carbocycles. The highest BCUT2D eigenvalue weighted by molar-refractivity contribution is 6.68. The summed E-state index contributed by atoms with van der Waals surface area (Å²) in [6, 6.07) is 18.6. The van der Waals surface area contributed by atoms with E-state index in [-0.39, 0.29) is 28.8 Å². The second kappa shape index (κ2) is 29.0. The second-order valence-corrected chi connectivity index (χ2v) is 20.6. The van der Waals surface area contributed by atoms with Crippen LogP contribution in [0.25, 0.3) is 0 Å². The Hall–Kier alpha value is -1.79. The van der Waals surface area contributed by atoms with Crippen LogP contribution in [-0.2, 0) is 17.7 Å². The van der Waals surface area contributed by atoms with Gasteiger partial charge in [-0.1, -0.05) is 136 Å². The summed E-state index contributed by atoms with van der Waals surface area (Å²) in [6.07, 6.45) is 2.15. The minimum Gasteiger partial charge on any atom is -0.426 e. The van der Waals surface area contributed by atoms with Gasteiger partial charge in [-0.15, -0.1) is 0 Å². The molecule has 2 saturated heterocycles. The Morgan fingerprint density at radius 2 is 1.02 bits per heavy atom. The summed E-state index contributed by atoms with van der Waals surface area (Å²) >= 11 is 0. The van der Waals surface area contributed by atoms with E-state index in [9.17, 15) is 0 Å². The number of benzene rings is 2. The average molecular weight is 862 g/mol. The maximum absolute atomic E-state index is 6.51. The molecule has 2 fully saturated rings. The minimum atomic E-state index is -0.107. The van der Waals surface area contributed by atoms with Gasteiger partial charge in [-0.25, -0.2) is 10.0 Å². The van der Waals surface area contributed by atoms with Crippen molar-refractivity contribution in [3.63, 3.8) is 0 Å². The van der Waals surface area contributed by atoms with Crippen LogP contribution in [0.5, 0.6) is 0 Å². The molecule has 2 aliphatic rings. The van der Waals surface area contributed by atoms with Crippen LogP contribution in [0.3, 0.4) is 0 Å². The third kappa shape index (κ3) is 21.5.